The molecule has 1 aromatic carbocycles. The lowest BCUT2D eigenvalue weighted by Gasteiger charge is -2.35. The van der Waals surface area contributed by atoms with Crippen molar-refractivity contribution in [3.05, 3.63) is 30.1 Å². The fourth-order valence-corrected chi connectivity index (χ4v) is 5.72. The van der Waals surface area contributed by atoms with Gasteiger partial charge in [0.25, 0.3) is 5.91 Å². The minimum absolute atomic E-state index is 0.0203. The van der Waals surface area contributed by atoms with E-state index in [0.29, 0.717) is 32.1 Å². The maximum Gasteiger partial charge on any atom is 0.278 e. The summed E-state index contributed by atoms with van der Waals surface area (Å²) in [7, 11) is -3.70. The Morgan fingerprint density at radius 3 is 2.57 bits per heavy atom. The number of rotatable bonds is 5. The molecule has 0 radical (unpaired) electrons. The standard InChI is InChI=1S/C20H30FN3O3S/c1-15-6-3-4-9-19(15)22-20(25)16(2)23-10-12-24(13-11-23)28(26,27)18-8-5-7-17(21)14-18/h5,7-8,14-16,19H,3-4,6,9-13H2,1-2H3,(H,22,25)/p+1/t15-,16+,19+/m0/s1. The maximum absolute atomic E-state index is 13.4. The number of quaternary nitrogens is 1. The van der Waals surface area contributed by atoms with Crippen LogP contribution in [0.5, 0.6) is 0 Å². The quantitative estimate of drug-likeness (QED) is 0.752. The van der Waals surface area contributed by atoms with Gasteiger partial charge in [-0.2, -0.15) is 4.31 Å². The maximum atomic E-state index is 13.4. The molecule has 1 amide bonds. The number of sulfonamides is 1. The summed E-state index contributed by atoms with van der Waals surface area (Å²) in [4.78, 5) is 13.8. The molecular weight excluding hydrogens is 381 g/mol. The van der Waals surface area contributed by atoms with Gasteiger partial charge in [-0.05, 0) is 43.9 Å². The molecule has 1 heterocycles. The molecular formula is C20H31FN3O3S+. The van der Waals surface area contributed by atoms with Gasteiger partial charge in [0.05, 0.1) is 31.1 Å². The van der Waals surface area contributed by atoms with Gasteiger partial charge in [-0.3, -0.25) is 4.79 Å². The van der Waals surface area contributed by atoms with E-state index in [0.717, 1.165) is 30.2 Å². The number of hydrogen-bond acceptors (Lipinski definition) is 3. The van der Waals surface area contributed by atoms with Gasteiger partial charge < -0.3 is 10.2 Å². The van der Waals surface area contributed by atoms with Crippen LogP contribution in [-0.2, 0) is 14.8 Å². The van der Waals surface area contributed by atoms with Crippen molar-refractivity contribution in [1.29, 1.82) is 0 Å². The molecule has 1 aromatic rings. The van der Waals surface area contributed by atoms with Crippen molar-refractivity contribution in [2.24, 2.45) is 5.92 Å². The number of hydrogen-bond donors (Lipinski definition) is 2. The van der Waals surface area contributed by atoms with Crippen molar-refractivity contribution >= 4 is 15.9 Å². The second-order valence-electron chi connectivity index (χ2n) is 8.12. The predicted molar refractivity (Wildman–Crippen MR) is 105 cm³/mol. The molecule has 0 unspecified atom stereocenters. The predicted octanol–water partition coefficient (Wildman–Crippen LogP) is 0.798. The number of carbonyl (C=O) groups is 1. The third-order valence-electron chi connectivity index (χ3n) is 6.24. The summed E-state index contributed by atoms with van der Waals surface area (Å²) in [6, 6.07) is 5.14. The highest BCUT2D eigenvalue weighted by Crippen LogP contribution is 2.23. The number of carbonyl (C=O) groups excluding carboxylic acids is 1. The highest BCUT2D eigenvalue weighted by atomic mass is 32.2. The lowest BCUT2D eigenvalue weighted by atomic mass is 9.86. The molecule has 3 atom stereocenters. The summed E-state index contributed by atoms with van der Waals surface area (Å²) in [6.45, 7) is 5.87. The molecule has 6 nitrogen and oxygen atoms in total. The molecule has 8 heteroatoms. The van der Waals surface area contributed by atoms with Gasteiger partial charge in [0.15, 0.2) is 6.04 Å². The number of halogens is 1. The lowest BCUT2D eigenvalue weighted by molar-refractivity contribution is -0.917. The zero-order chi connectivity index (χ0) is 20.3. The SMILES string of the molecule is C[C@H](C(=O)N[C@@H]1CCCC[C@@H]1C)[NH+]1CCN(S(=O)(=O)c2cccc(F)c2)CC1. The van der Waals surface area contributed by atoms with Crippen LogP contribution in [0.3, 0.4) is 0 Å². The third kappa shape index (κ3) is 4.72. The summed E-state index contributed by atoms with van der Waals surface area (Å²) >= 11 is 0. The molecule has 0 spiro atoms. The Labute approximate surface area is 167 Å². The summed E-state index contributed by atoms with van der Waals surface area (Å²) in [6.07, 6.45) is 4.58. The second kappa shape index (κ2) is 8.88. The zero-order valence-corrected chi connectivity index (χ0v) is 17.5. The van der Waals surface area contributed by atoms with E-state index in [9.17, 15) is 17.6 Å². The summed E-state index contributed by atoms with van der Waals surface area (Å²) in [5.41, 5.74) is 0. The van der Waals surface area contributed by atoms with Crippen molar-refractivity contribution < 1.29 is 22.5 Å². The van der Waals surface area contributed by atoms with Gasteiger partial charge in [0.1, 0.15) is 5.82 Å². The van der Waals surface area contributed by atoms with E-state index in [1.54, 1.807) is 0 Å². The van der Waals surface area contributed by atoms with Gasteiger partial charge >= 0.3 is 0 Å². The van der Waals surface area contributed by atoms with E-state index < -0.39 is 15.8 Å². The Bertz CT molecular complexity index is 794. The van der Waals surface area contributed by atoms with Crippen LogP contribution < -0.4 is 10.2 Å². The first-order valence-electron chi connectivity index (χ1n) is 10.2. The number of nitrogens with one attached hydrogen (secondary N) is 2. The largest absolute Gasteiger partial charge is 0.348 e. The third-order valence-corrected chi connectivity index (χ3v) is 8.14. The van der Waals surface area contributed by atoms with E-state index in [-0.39, 0.29) is 22.9 Å². The molecule has 0 bridgehead atoms. The molecule has 2 N–H and O–H groups in total. The van der Waals surface area contributed by atoms with Crippen molar-refractivity contribution in [1.82, 2.24) is 9.62 Å². The van der Waals surface area contributed by atoms with Gasteiger partial charge in [0, 0.05) is 6.04 Å². The molecule has 156 valence electrons. The molecule has 2 fully saturated rings. The number of nitrogens with zero attached hydrogens (tertiary/aromatic N) is 1. The summed E-state index contributed by atoms with van der Waals surface area (Å²) < 4.78 is 40.2. The number of benzene rings is 1. The van der Waals surface area contributed by atoms with Gasteiger partial charge in [-0.1, -0.05) is 25.8 Å². The van der Waals surface area contributed by atoms with E-state index in [1.165, 1.54) is 28.9 Å². The minimum Gasteiger partial charge on any atom is -0.348 e. The Kier molecular flexibility index (Phi) is 6.73. The molecule has 1 saturated carbocycles. The average Bonchev–Trinajstić information content (AvgIpc) is 2.69. The van der Waals surface area contributed by atoms with Crippen LogP contribution in [0.4, 0.5) is 4.39 Å². The van der Waals surface area contributed by atoms with Crippen LogP contribution in [0.15, 0.2) is 29.2 Å². The fourth-order valence-electron chi connectivity index (χ4n) is 4.25. The van der Waals surface area contributed by atoms with Gasteiger partial charge in [-0.15, -0.1) is 0 Å². The second-order valence-corrected chi connectivity index (χ2v) is 10.1. The van der Waals surface area contributed by atoms with Crippen molar-refractivity contribution in [3.63, 3.8) is 0 Å². The Morgan fingerprint density at radius 2 is 1.93 bits per heavy atom. The molecule has 0 aromatic heterocycles. The van der Waals surface area contributed by atoms with Crippen molar-refractivity contribution in [2.75, 3.05) is 26.2 Å². The van der Waals surface area contributed by atoms with Crippen LogP contribution in [-0.4, -0.2) is 56.9 Å². The van der Waals surface area contributed by atoms with Gasteiger partial charge in [-0.25, -0.2) is 12.8 Å². The first-order valence-corrected chi connectivity index (χ1v) is 11.6. The summed E-state index contributed by atoms with van der Waals surface area (Å²) in [5.74, 6) is -0.00378. The molecule has 1 aliphatic carbocycles. The highest BCUT2D eigenvalue weighted by molar-refractivity contribution is 7.89. The van der Waals surface area contributed by atoms with Crippen molar-refractivity contribution in [2.45, 2.75) is 56.5 Å². The first kappa shape index (κ1) is 21.2. The lowest BCUT2D eigenvalue weighted by Crippen LogP contribution is -3.19. The average molecular weight is 413 g/mol. The molecule has 2 aliphatic rings. The fraction of sp³-hybridized carbons (Fsp3) is 0.650. The highest BCUT2D eigenvalue weighted by Gasteiger charge is 2.35. The number of piperazine rings is 1. The van der Waals surface area contributed by atoms with Crippen molar-refractivity contribution in [3.8, 4) is 0 Å². The van der Waals surface area contributed by atoms with Crippen LogP contribution in [0, 0.1) is 11.7 Å². The molecule has 1 saturated heterocycles. The monoisotopic (exact) mass is 412 g/mol. The smallest absolute Gasteiger partial charge is 0.278 e. The van der Waals surface area contributed by atoms with E-state index in [2.05, 4.69) is 12.2 Å². The topological polar surface area (TPSA) is 70.9 Å². The van der Waals surface area contributed by atoms with Crippen LogP contribution in [0.2, 0.25) is 0 Å². The molecule has 3 rings (SSSR count). The number of amides is 1. The van der Waals surface area contributed by atoms with Crippen LogP contribution in [0.25, 0.3) is 0 Å². The zero-order valence-electron chi connectivity index (χ0n) is 16.7. The van der Waals surface area contributed by atoms with E-state index in [1.807, 2.05) is 6.92 Å². The minimum atomic E-state index is -3.70. The van der Waals surface area contributed by atoms with Gasteiger partial charge in [0.2, 0.25) is 10.0 Å². The summed E-state index contributed by atoms with van der Waals surface area (Å²) in [5, 5.41) is 3.21. The Morgan fingerprint density at radius 1 is 1.25 bits per heavy atom. The molecule has 1 aliphatic heterocycles. The van der Waals surface area contributed by atoms with Crippen LogP contribution in [0.1, 0.15) is 39.5 Å². The van der Waals surface area contributed by atoms with Crippen LogP contribution >= 0.6 is 0 Å². The Hall–Kier alpha value is -1.51. The molecule has 28 heavy (non-hydrogen) atoms. The van der Waals surface area contributed by atoms with E-state index in [4.69, 9.17) is 0 Å². The Balaban J connectivity index is 1.56. The first-order chi connectivity index (χ1) is 13.3. The van der Waals surface area contributed by atoms with E-state index >= 15 is 0 Å². The normalized spacial score (nSPS) is 26.0.